The third-order valence-corrected chi connectivity index (χ3v) is 4.34. The van der Waals surface area contributed by atoms with Gasteiger partial charge in [-0.1, -0.05) is 18.6 Å². The van der Waals surface area contributed by atoms with Crippen molar-refractivity contribution in [2.45, 2.75) is 32.2 Å². The molecule has 3 rings (SSSR count). The van der Waals surface area contributed by atoms with E-state index < -0.39 is 0 Å². The molecule has 0 saturated carbocycles. The highest BCUT2D eigenvalue weighted by Gasteiger charge is 2.10. The van der Waals surface area contributed by atoms with E-state index in [1.807, 2.05) is 17.7 Å². The number of hydrogen-bond acceptors (Lipinski definition) is 5. The lowest BCUT2D eigenvalue weighted by atomic mass is 10.1. The van der Waals surface area contributed by atoms with Crippen LogP contribution < -0.4 is 10.1 Å². The van der Waals surface area contributed by atoms with E-state index in [0.717, 1.165) is 31.2 Å². The highest BCUT2D eigenvalue weighted by atomic mass is 16.5. The second kappa shape index (κ2) is 8.68. The summed E-state index contributed by atoms with van der Waals surface area (Å²) in [5.74, 6) is 1.75. The minimum absolute atomic E-state index is 0.692. The summed E-state index contributed by atoms with van der Waals surface area (Å²) in [6.45, 7) is 4.99. The summed E-state index contributed by atoms with van der Waals surface area (Å²) in [4.78, 5) is 2.54. The number of nitrogens with one attached hydrogen (secondary N) is 1. The molecule has 1 aromatic heterocycles. The van der Waals surface area contributed by atoms with E-state index in [1.165, 1.54) is 37.9 Å². The second-order valence-electron chi connectivity index (χ2n) is 6.38. The molecule has 0 bridgehead atoms. The fourth-order valence-corrected chi connectivity index (χ4v) is 3.01. The van der Waals surface area contributed by atoms with Gasteiger partial charge in [0.2, 0.25) is 5.95 Å². The van der Waals surface area contributed by atoms with Gasteiger partial charge >= 0.3 is 0 Å². The Morgan fingerprint density at radius 2 is 2.08 bits per heavy atom. The van der Waals surface area contributed by atoms with Crippen molar-refractivity contribution in [3.63, 3.8) is 0 Å². The SMILES string of the molecule is Cn1cnnc1NCCCOc1cccc(CN2CCCCC2)c1. The van der Waals surface area contributed by atoms with E-state index in [0.29, 0.717) is 6.61 Å². The van der Waals surface area contributed by atoms with Gasteiger partial charge in [-0.25, -0.2) is 0 Å². The smallest absolute Gasteiger partial charge is 0.224 e. The van der Waals surface area contributed by atoms with Crippen molar-refractivity contribution < 1.29 is 4.74 Å². The first-order chi connectivity index (χ1) is 11.8. The number of rotatable bonds is 8. The van der Waals surface area contributed by atoms with Crippen LogP contribution in [0.2, 0.25) is 0 Å². The molecule has 0 aliphatic carbocycles. The van der Waals surface area contributed by atoms with Crippen LogP contribution in [-0.4, -0.2) is 45.9 Å². The molecule has 0 amide bonds. The number of nitrogens with zero attached hydrogens (tertiary/aromatic N) is 4. The predicted octanol–water partition coefficient (Wildman–Crippen LogP) is 2.68. The quantitative estimate of drug-likeness (QED) is 0.755. The average molecular weight is 329 g/mol. The van der Waals surface area contributed by atoms with Crippen LogP contribution in [0.1, 0.15) is 31.2 Å². The van der Waals surface area contributed by atoms with Crippen molar-refractivity contribution in [3.8, 4) is 5.75 Å². The number of aromatic nitrogens is 3. The first-order valence-corrected chi connectivity index (χ1v) is 8.83. The van der Waals surface area contributed by atoms with Crippen molar-refractivity contribution in [3.05, 3.63) is 36.2 Å². The monoisotopic (exact) mass is 329 g/mol. The lowest BCUT2D eigenvalue weighted by Gasteiger charge is -2.26. The van der Waals surface area contributed by atoms with Crippen molar-refractivity contribution >= 4 is 5.95 Å². The maximum atomic E-state index is 5.88. The number of anilines is 1. The molecule has 2 aromatic rings. The van der Waals surface area contributed by atoms with Crippen LogP contribution in [-0.2, 0) is 13.6 Å². The Morgan fingerprint density at radius 1 is 1.21 bits per heavy atom. The summed E-state index contributed by atoms with van der Waals surface area (Å²) in [7, 11) is 1.92. The van der Waals surface area contributed by atoms with Gasteiger partial charge in [0.25, 0.3) is 0 Å². The molecule has 1 aliphatic rings. The number of ether oxygens (including phenoxy) is 1. The van der Waals surface area contributed by atoms with Crippen LogP contribution in [0.4, 0.5) is 5.95 Å². The summed E-state index contributed by atoms with van der Waals surface area (Å²) >= 11 is 0. The molecule has 0 radical (unpaired) electrons. The molecule has 1 aromatic carbocycles. The molecule has 1 saturated heterocycles. The Morgan fingerprint density at radius 3 is 2.88 bits per heavy atom. The molecular weight excluding hydrogens is 302 g/mol. The zero-order valence-electron chi connectivity index (χ0n) is 14.4. The minimum Gasteiger partial charge on any atom is -0.494 e. The lowest BCUT2D eigenvalue weighted by Crippen LogP contribution is -2.29. The fourth-order valence-electron chi connectivity index (χ4n) is 3.01. The predicted molar refractivity (Wildman–Crippen MR) is 95.2 cm³/mol. The molecule has 6 nitrogen and oxygen atoms in total. The molecule has 6 heteroatoms. The summed E-state index contributed by atoms with van der Waals surface area (Å²) in [5, 5.41) is 11.1. The van der Waals surface area contributed by atoms with Crippen LogP contribution in [0.5, 0.6) is 5.75 Å². The zero-order valence-corrected chi connectivity index (χ0v) is 14.4. The van der Waals surface area contributed by atoms with Gasteiger partial charge in [0.1, 0.15) is 12.1 Å². The molecule has 0 spiro atoms. The largest absolute Gasteiger partial charge is 0.494 e. The van der Waals surface area contributed by atoms with E-state index in [1.54, 1.807) is 6.33 Å². The number of aryl methyl sites for hydroxylation is 1. The molecule has 24 heavy (non-hydrogen) atoms. The second-order valence-corrected chi connectivity index (χ2v) is 6.38. The molecule has 2 heterocycles. The summed E-state index contributed by atoms with van der Waals surface area (Å²) < 4.78 is 7.75. The normalized spacial score (nSPS) is 15.4. The topological polar surface area (TPSA) is 55.2 Å². The maximum absolute atomic E-state index is 5.88. The molecule has 1 fully saturated rings. The van der Waals surface area contributed by atoms with Gasteiger partial charge in [0, 0.05) is 20.1 Å². The standard InChI is InChI=1S/C18H27N5O/c1-22-15-20-21-18(22)19-9-6-12-24-17-8-5-7-16(13-17)14-23-10-3-2-4-11-23/h5,7-8,13,15H,2-4,6,9-12,14H2,1H3,(H,19,21). The molecule has 1 aliphatic heterocycles. The Kier molecular flexibility index (Phi) is 6.07. The van der Waals surface area contributed by atoms with E-state index in [4.69, 9.17) is 4.74 Å². The first-order valence-electron chi connectivity index (χ1n) is 8.83. The van der Waals surface area contributed by atoms with Gasteiger partial charge in [-0.05, 0) is 50.0 Å². The number of benzene rings is 1. The van der Waals surface area contributed by atoms with Crippen molar-refractivity contribution in [2.75, 3.05) is 31.6 Å². The molecule has 0 atom stereocenters. The molecule has 1 N–H and O–H groups in total. The van der Waals surface area contributed by atoms with Gasteiger partial charge in [-0.2, -0.15) is 0 Å². The van der Waals surface area contributed by atoms with E-state index >= 15 is 0 Å². The summed E-state index contributed by atoms with van der Waals surface area (Å²) in [5.41, 5.74) is 1.34. The average Bonchev–Trinajstić information content (AvgIpc) is 3.01. The highest BCUT2D eigenvalue weighted by molar-refractivity contribution is 5.28. The number of hydrogen-bond donors (Lipinski definition) is 1. The Hall–Kier alpha value is -2.08. The van der Waals surface area contributed by atoms with Gasteiger partial charge in [0.15, 0.2) is 0 Å². The van der Waals surface area contributed by atoms with Crippen LogP contribution in [0.25, 0.3) is 0 Å². The summed E-state index contributed by atoms with van der Waals surface area (Å²) in [6, 6.07) is 8.49. The van der Waals surface area contributed by atoms with Crippen LogP contribution >= 0.6 is 0 Å². The van der Waals surface area contributed by atoms with Gasteiger partial charge in [-0.15, -0.1) is 10.2 Å². The molecule has 130 valence electrons. The third-order valence-electron chi connectivity index (χ3n) is 4.34. The zero-order chi connectivity index (χ0) is 16.6. The van der Waals surface area contributed by atoms with Crippen LogP contribution in [0.15, 0.2) is 30.6 Å². The maximum Gasteiger partial charge on any atom is 0.224 e. The Bertz CT molecular complexity index is 621. The molecule has 0 unspecified atom stereocenters. The van der Waals surface area contributed by atoms with Crippen molar-refractivity contribution in [1.82, 2.24) is 19.7 Å². The van der Waals surface area contributed by atoms with Gasteiger partial charge in [-0.3, -0.25) is 4.90 Å². The lowest BCUT2D eigenvalue weighted by molar-refractivity contribution is 0.220. The summed E-state index contributed by atoms with van der Waals surface area (Å²) in [6.07, 6.45) is 6.64. The Balaban J connectivity index is 1.39. The number of piperidine rings is 1. The van der Waals surface area contributed by atoms with E-state index in [9.17, 15) is 0 Å². The third kappa shape index (κ3) is 4.96. The number of likely N-dealkylation sites (tertiary alicyclic amines) is 1. The highest BCUT2D eigenvalue weighted by Crippen LogP contribution is 2.17. The van der Waals surface area contributed by atoms with E-state index in [-0.39, 0.29) is 0 Å². The minimum atomic E-state index is 0.692. The van der Waals surface area contributed by atoms with Gasteiger partial charge < -0.3 is 14.6 Å². The van der Waals surface area contributed by atoms with Crippen LogP contribution in [0.3, 0.4) is 0 Å². The van der Waals surface area contributed by atoms with Gasteiger partial charge in [0.05, 0.1) is 6.61 Å². The fraction of sp³-hybridized carbons (Fsp3) is 0.556. The Labute approximate surface area is 143 Å². The first kappa shape index (κ1) is 16.8. The van der Waals surface area contributed by atoms with Crippen LogP contribution in [0, 0.1) is 0 Å². The molecular formula is C18H27N5O. The van der Waals surface area contributed by atoms with Crippen molar-refractivity contribution in [2.24, 2.45) is 7.05 Å². The van der Waals surface area contributed by atoms with Crippen molar-refractivity contribution in [1.29, 1.82) is 0 Å². The van der Waals surface area contributed by atoms with E-state index in [2.05, 4.69) is 38.6 Å².